The molecule has 1 fully saturated rings. The number of ether oxygens (including phenoxy) is 2. The molecule has 0 aliphatic carbocycles. The van der Waals surface area contributed by atoms with Gasteiger partial charge in [-0.05, 0) is 12.0 Å². The van der Waals surface area contributed by atoms with Crippen LogP contribution in [0.5, 0.6) is 0 Å². The summed E-state index contributed by atoms with van der Waals surface area (Å²) in [5, 5.41) is 1.33. The van der Waals surface area contributed by atoms with Crippen LogP contribution in [0.25, 0.3) is 0 Å². The summed E-state index contributed by atoms with van der Waals surface area (Å²) in [7, 11) is 1.30. The van der Waals surface area contributed by atoms with Crippen molar-refractivity contribution >= 4 is 11.9 Å². The molecule has 1 aromatic rings. The number of methoxy groups -OCH3 is 1. The Morgan fingerprint density at radius 3 is 2.65 bits per heavy atom. The fourth-order valence-corrected chi connectivity index (χ4v) is 2.25. The van der Waals surface area contributed by atoms with Crippen molar-refractivity contribution in [3.8, 4) is 0 Å². The van der Waals surface area contributed by atoms with Gasteiger partial charge in [0.05, 0.1) is 13.0 Å². The third-order valence-electron chi connectivity index (χ3n) is 3.37. The summed E-state index contributed by atoms with van der Waals surface area (Å²) in [6.07, 6.45) is 0.330. The van der Waals surface area contributed by atoms with Gasteiger partial charge in [0.1, 0.15) is 12.6 Å². The van der Waals surface area contributed by atoms with Gasteiger partial charge in [-0.25, -0.2) is 5.01 Å². The SMILES string of the molecule is COC(=O)[C@@H]1C[C@@H](C(=O)OCc2ccccc2)CN1N. The van der Waals surface area contributed by atoms with Crippen molar-refractivity contribution < 1.29 is 19.1 Å². The quantitative estimate of drug-likeness (QED) is 0.637. The van der Waals surface area contributed by atoms with Gasteiger partial charge in [0.25, 0.3) is 0 Å². The van der Waals surface area contributed by atoms with E-state index in [1.54, 1.807) is 0 Å². The molecule has 6 heteroatoms. The molecule has 1 heterocycles. The molecule has 1 aliphatic heterocycles. The molecule has 0 unspecified atom stereocenters. The molecule has 0 radical (unpaired) electrons. The number of rotatable bonds is 4. The Bertz CT molecular complexity index is 477. The molecule has 6 nitrogen and oxygen atoms in total. The molecular formula is C14H18N2O4. The first-order valence-corrected chi connectivity index (χ1v) is 6.41. The van der Waals surface area contributed by atoms with E-state index < -0.39 is 17.9 Å². The number of hydrogen-bond acceptors (Lipinski definition) is 6. The molecule has 108 valence electrons. The number of carbonyl (C=O) groups is 2. The van der Waals surface area contributed by atoms with E-state index in [1.165, 1.54) is 12.1 Å². The molecule has 1 saturated heterocycles. The second kappa shape index (κ2) is 6.49. The summed E-state index contributed by atoms with van der Waals surface area (Å²) in [5.41, 5.74) is 0.924. The summed E-state index contributed by atoms with van der Waals surface area (Å²) >= 11 is 0. The van der Waals surface area contributed by atoms with Crippen molar-refractivity contribution in [2.45, 2.75) is 19.1 Å². The molecule has 2 atom stereocenters. The third kappa shape index (κ3) is 3.34. The van der Waals surface area contributed by atoms with E-state index in [-0.39, 0.29) is 12.6 Å². The molecule has 1 aromatic carbocycles. The standard InChI is InChI=1S/C14H18N2O4/c1-19-14(18)12-7-11(8-16(12)15)13(17)20-9-10-5-3-2-4-6-10/h2-6,11-12H,7-9,15H2,1H3/t11-,12+/m1/s1. The number of nitrogens with zero attached hydrogens (tertiary/aromatic N) is 1. The minimum Gasteiger partial charge on any atom is -0.468 e. The number of hydrazine groups is 1. The van der Waals surface area contributed by atoms with Crippen molar-refractivity contribution in [2.24, 2.45) is 11.8 Å². The molecule has 1 aliphatic rings. The first-order chi connectivity index (χ1) is 9.61. The van der Waals surface area contributed by atoms with Crippen LogP contribution in [-0.2, 0) is 25.7 Å². The Morgan fingerprint density at radius 1 is 1.30 bits per heavy atom. The third-order valence-corrected chi connectivity index (χ3v) is 3.37. The lowest BCUT2D eigenvalue weighted by Crippen LogP contribution is -2.41. The van der Waals surface area contributed by atoms with Gasteiger partial charge in [-0.15, -0.1) is 0 Å². The summed E-state index contributed by atoms with van der Waals surface area (Å²) in [5.74, 6) is 4.56. The maximum atomic E-state index is 12.0. The Hall–Kier alpha value is -1.92. The van der Waals surface area contributed by atoms with E-state index in [2.05, 4.69) is 4.74 Å². The summed E-state index contributed by atoms with van der Waals surface area (Å²) in [6.45, 7) is 0.525. The second-order valence-electron chi connectivity index (χ2n) is 4.76. The molecular weight excluding hydrogens is 260 g/mol. The number of benzene rings is 1. The smallest absolute Gasteiger partial charge is 0.324 e. The fourth-order valence-electron chi connectivity index (χ4n) is 2.25. The molecule has 0 amide bonds. The summed E-state index contributed by atoms with van der Waals surface area (Å²) in [6, 6.07) is 8.86. The fraction of sp³-hybridized carbons (Fsp3) is 0.429. The molecule has 20 heavy (non-hydrogen) atoms. The molecule has 2 rings (SSSR count). The Morgan fingerprint density at radius 2 is 2.00 bits per heavy atom. The Kier molecular flexibility index (Phi) is 4.70. The lowest BCUT2D eigenvalue weighted by atomic mass is 10.1. The monoisotopic (exact) mass is 278 g/mol. The molecule has 0 spiro atoms. The lowest BCUT2D eigenvalue weighted by molar-refractivity contribution is -0.149. The second-order valence-corrected chi connectivity index (χ2v) is 4.76. The summed E-state index contributed by atoms with van der Waals surface area (Å²) < 4.78 is 9.90. The van der Waals surface area contributed by atoms with Crippen LogP contribution in [0, 0.1) is 5.92 Å². The minimum absolute atomic E-state index is 0.226. The average Bonchev–Trinajstić information content (AvgIpc) is 2.87. The zero-order chi connectivity index (χ0) is 14.5. The van der Waals surface area contributed by atoms with Gasteiger partial charge in [0, 0.05) is 6.54 Å². The first kappa shape index (κ1) is 14.5. The maximum absolute atomic E-state index is 12.0. The lowest BCUT2D eigenvalue weighted by Gasteiger charge is -2.15. The Labute approximate surface area is 117 Å². The van der Waals surface area contributed by atoms with Crippen LogP contribution in [-0.4, -0.2) is 36.6 Å². The van der Waals surface area contributed by atoms with E-state index in [1.807, 2.05) is 30.3 Å². The number of hydrogen-bond donors (Lipinski definition) is 1. The zero-order valence-corrected chi connectivity index (χ0v) is 11.3. The van der Waals surface area contributed by atoms with E-state index in [9.17, 15) is 9.59 Å². The van der Waals surface area contributed by atoms with Crippen molar-refractivity contribution in [1.82, 2.24) is 5.01 Å². The van der Waals surface area contributed by atoms with Crippen LogP contribution in [0.3, 0.4) is 0 Å². The van der Waals surface area contributed by atoms with E-state index in [0.717, 1.165) is 5.56 Å². The molecule has 2 N–H and O–H groups in total. The van der Waals surface area contributed by atoms with Crippen LogP contribution < -0.4 is 5.84 Å². The average molecular weight is 278 g/mol. The number of nitrogens with two attached hydrogens (primary N) is 1. The maximum Gasteiger partial charge on any atom is 0.324 e. The van der Waals surface area contributed by atoms with Crippen molar-refractivity contribution in [3.05, 3.63) is 35.9 Å². The predicted molar refractivity (Wildman–Crippen MR) is 71.0 cm³/mol. The largest absolute Gasteiger partial charge is 0.468 e. The minimum atomic E-state index is -0.575. The molecule has 0 bridgehead atoms. The van der Waals surface area contributed by atoms with Gasteiger partial charge in [-0.3, -0.25) is 15.4 Å². The van der Waals surface area contributed by atoms with E-state index >= 15 is 0 Å². The first-order valence-electron chi connectivity index (χ1n) is 6.41. The normalized spacial score (nSPS) is 22.5. The van der Waals surface area contributed by atoms with Crippen molar-refractivity contribution in [1.29, 1.82) is 0 Å². The highest BCUT2D eigenvalue weighted by Gasteiger charge is 2.40. The van der Waals surface area contributed by atoms with E-state index in [4.69, 9.17) is 10.6 Å². The topological polar surface area (TPSA) is 81.9 Å². The Balaban J connectivity index is 1.86. The highest BCUT2D eigenvalue weighted by atomic mass is 16.5. The van der Waals surface area contributed by atoms with Gasteiger partial charge < -0.3 is 9.47 Å². The summed E-state index contributed by atoms with van der Waals surface area (Å²) in [4.78, 5) is 23.4. The molecule has 0 saturated carbocycles. The van der Waals surface area contributed by atoms with Gasteiger partial charge in [-0.1, -0.05) is 30.3 Å². The van der Waals surface area contributed by atoms with Crippen LogP contribution >= 0.6 is 0 Å². The highest BCUT2D eigenvalue weighted by Crippen LogP contribution is 2.22. The molecule has 0 aromatic heterocycles. The van der Waals surface area contributed by atoms with Crippen molar-refractivity contribution in [2.75, 3.05) is 13.7 Å². The zero-order valence-electron chi connectivity index (χ0n) is 11.3. The van der Waals surface area contributed by atoms with Gasteiger partial charge >= 0.3 is 11.9 Å². The van der Waals surface area contributed by atoms with Crippen LogP contribution in [0.1, 0.15) is 12.0 Å². The predicted octanol–water partition coefficient (Wildman–Crippen LogP) is 0.467. The van der Waals surface area contributed by atoms with Gasteiger partial charge in [0.15, 0.2) is 0 Å². The highest BCUT2D eigenvalue weighted by molar-refractivity contribution is 5.79. The van der Waals surface area contributed by atoms with Crippen LogP contribution in [0.2, 0.25) is 0 Å². The number of esters is 2. The van der Waals surface area contributed by atoms with Gasteiger partial charge in [-0.2, -0.15) is 0 Å². The van der Waals surface area contributed by atoms with Crippen LogP contribution in [0.4, 0.5) is 0 Å². The van der Waals surface area contributed by atoms with Crippen LogP contribution in [0.15, 0.2) is 30.3 Å². The van der Waals surface area contributed by atoms with Gasteiger partial charge in [0.2, 0.25) is 0 Å². The number of carbonyl (C=O) groups excluding carboxylic acids is 2. The van der Waals surface area contributed by atoms with E-state index in [0.29, 0.717) is 13.0 Å². The van der Waals surface area contributed by atoms with Crippen molar-refractivity contribution in [3.63, 3.8) is 0 Å².